The number of hydrogen-bond acceptors (Lipinski definition) is 3. The predicted octanol–water partition coefficient (Wildman–Crippen LogP) is 1.24. The zero-order valence-corrected chi connectivity index (χ0v) is 9.14. The molecule has 92 valence electrons. The van der Waals surface area contributed by atoms with E-state index in [1.54, 1.807) is 4.72 Å². The summed E-state index contributed by atoms with van der Waals surface area (Å²) in [7, 11) is -4.15. The molecule has 0 saturated heterocycles. The Morgan fingerprint density at radius 2 is 2.06 bits per heavy atom. The molecule has 0 heterocycles. The van der Waals surface area contributed by atoms with Crippen LogP contribution in [-0.2, 0) is 10.0 Å². The van der Waals surface area contributed by atoms with Crippen molar-refractivity contribution in [1.82, 2.24) is 4.72 Å². The van der Waals surface area contributed by atoms with Crippen LogP contribution in [0.1, 0.15) is 5.56 Å². The van der Waals surface area contributed by atoms with Crippen LogP contribution in [0, 0.1) is 17.1 Å². The zero-order chi connectivity index (χ0) is 13.1. The predicted molar refractivity (Wildman–Crippen MR) is 52.3 cm³/mol. The summed E-state index contributed by atoms with van der Waals surface area (Å²) >= 11 is 0. The topological polar surface area (TPSA) is 70.0 Å². The highest BCUT2D eigenvalue weighted by molar-refractivity contribution is 7.89. The minimum Gasteiger partial charge on any atom is -0.209 e. The summed E-state index contributed by atoms with van der Waals surface area (Å²) in [5.74, 6) is -0.875. The molecular formula is C9H7F3N2O2S. The van der Waals surface area contributed by atoms with E-state index in [-0.39, 0.29) is 0 Å². The van der Waals surface area contributed by atoms with Gasteiger partial charge in [0.25, 0.3) is 6.43 Å². The van der Waals surface area contributed by atoms with E-state index in [1.807, 2.05) is 0 Å². The first-order chi connectivity index (χ1) is 7.86. The Hall–Kier alpha value is -1.59. The van der Waals surface area contributed by atoms with Gasteiger partial charge in [0.1, 0.15) is 11.9 Å². The molecule has 0 fully saturated rings. The maximum atomic E-state index is 12.9. The number of halogens is 3. The van der Waals surface area contributed by atoms with Gasteiger partial charge in [0.15, 0.2) is 0 Å². The third-order valence-electron chi connectivity index (χ3n) is 1.80. The molecule has 0 aromatic heterocycles. The number of rotatable bonds is 4. The van der Waals surface area contributed by atoms with Gasteiger partial charge >= 0.3 is 0 Å². The molecule has 0 aliphatic rings. The fraction of sp³-hybridized carbons (Fsp3) is 0.222. The number of benzene rings is 1. The van der Waals surface area contributed by atoms with Crippen molar-refractivity contribution >= 4 is 10.0 Å². The smallest absolute Gasteiger partial charge is 0.209 e. The highest BCUT2D eigenvalue weighted by Crippen LogP contribution is 2.14. The lowest BCUT2D eigenvalue weighted by molar-refractivity contribution is 0.153. The molecule has 0 unspecified atom stereocenters. The van der Waals surface area contributed by atoms with Crippen molar-refractivity contribution in [3.05, 3.63) is 29.6 Å². The van der Waals surface area contributed by atoms with Crippen molar-refractivity contribution in [2.75, 3.05) is 6.54 Å². The maximum Gasteiger partial charge on any atom is 0.251 e. The standard InChI is InChI=1S/C9H7F3N2O2S/c10-8-2-1-7(3-6(8)4-13)17(15,16)14-5-9(11)12/h1-3,9,14H,5H2. The van der Waals surface area contributed by atoms with Crippen LogP contribution in [0.2, 0.25) is 0 Å². The SMILES string of the molecule is N#Cc1cc(S(=O)(=O)NCC(F)F)ccc1F. The number of alkyl halides is 2. The van der Waals surface area contributed by atoms with E-state index in [0.29, 0.717) is 0 Å². The number of nitriles is 1. The summed E-state index contributed by atoms with van der Waals surface area (Å²) in [6, 6.07) is 3.92. The second kappa shape index (κ2) is 5.16. The average Bonchev–Trinajstić information content (AvgIpc) is 2.27. The summed E-state index contributed by atoms with van der Waals surface area (Å²) < 4.78 is 61.1. The molecule has 0 bridgehead atoms. The largest absolute Gasteiger partial charge is 0.251 e. The van der Waals surface area contributed by atoms with Crippen molar-refractivity contribution < 1.29 is 21.6 Å². The lowest BCUT2D eigenvalue weighted by atomic mass is 10.2. The van der Waals surface area contributed by atoms with E-state index >= 15 is 0 Å². The van der Waals surface area contributed by atoms with E-state index in [1.165, 1.54) is 6.07 Å². The number of hydrogen-bond donors (Lipinski definition) is 1. The molecule has 1 rings (SSSR count). The van der Waals surface area contributed by atoms with Crippen LogP contribution in [0.3, 0.4) is 0 Å². The van der Waals surface area contributed by atoms with Crippen LogP contribution >= 0.6 is 0 Å². The summed E-state index contributed by atoms with van der Waals surface area (Å²) in [5.41, 5.74) is -0.468. The maximum absolute atomic E-state index is 12.9. The quantitative estimate of drug-likeness (QED) is 0.889. The van der Waals surface area contributed by atoms with Crippen LogP contribution in [-0.4, -0.2) is 21.4 Å². The molecule has 0 amide bonds. The van der Waals surface area contributed by atoms with Crippen molar-refractivity contribution in [3.63, 3.8) is 0 Å². The first-order valence-electron chi connectivity index (χ1n) is 4.34. The Morgan fingerprint density at radius 1 is 1.41 bits per heavy atom. The van der Waals surface area contributed by atoms with Gasteiger partial charge in [0.05, 0.1) is 17.0 Å². The minimum atomic E-state index is -4.15. The van der Waals surface area contributed by atoms with Gasteiger partial charge in [-0.25, -0.2) is 26.3 Å². The highest BCUT2D eigenvalue weighted by Gasteiger charge is 2.17. The molecule has 0 atom stereocenters. The van der Waals surface area contributed by atoms with E-state index in [2.05, 4.69) is 0 Å². The molecule has 8 heteroatoms. The van der Waals surface area contributed by atoms with Crippen LogP contribution in [0.5, 0.6) is 0 Å². The Kier molecular flexibility index (Phi) is 4.09. The first-order valence-corrected chi connectivity index (χ1v) is 5.82. The van der Waals surface area contributed by atoms with E-state index in [9.17, 15) is 21.6 Å². The second-order valence-corrected chi connectivity index (χ2v) is 4.76. The monoisotopic (exact) mass is 264 g/mol. The van der Waals surface area contributed by atoms with Crippen LogP contribution in [0.15, 0.2) is 23.1 Å². The van der Waals surface area contributed by atoms with Gasteiger partial charge in [-0.2, -0.15) is 5.26 Å². The number of sulfonamides is 1. The Morgan fingerprint density at radius 3 is 2.59 bits per heavy atom. The van der Waals surface area contributed by atoms with E-state index in [0.717, 1.165) is 18.2 Å². The van der Waals surface area contributed by atoms with Crippen LogP contribution in [0.4, 0.5) is 13.2 Å². The fourth-order valence-electron chi connectivity index (χ4n) is 1.01. The van der Waals surface area contributed by atoms with E-state index in [4.69, 9.17) is 5.26 Å². The highest BCUT2D eigenvalue weighted by atomic mass is 32.2. The second-order valence-electron chi connectivity index (χ2n) is 3.00. The molecule has 1 aromatic carbocycles. The van der Waals surface area contributed by atoms with Gasteiger partial charge in [0, 0.05) is 0 Å². The van der Waals surface area contributed by atoms with Gasteiger partial charge in [0.2, 0.25) is 10.0 Å². The van der Waals surface area contributed by atoms with Crippen molar-refractivity contribution in [2.45, 2.75) is 11.3 Å². The molecule has 0 saturated carbocycles. The van der Waals surface area contributed by atoms with Gasteiger partial charge in [-0.3, -0.25) is 0 Å². The normalized spacial score (nSPS) is 11.5. The molecule has 0 aliphatic carbocycles. The summed E-state index contributed by atoms with van der Waals surface area (Å²) in [6.07, 6.45) is -2.83. The van der Waals surface area contributed by atoms with Crippen molar-refractivity contribution in [3.8, 4) is 6.07 Å². The molecular weight excluding hydrogens is 257 g/mol. The number of nitrogens with zero attached hydrogens (tertiary/aromatic N) is 1. The molecule has 1 N–H and O–H groups in total. The van der Waals surface area contributed by atoms with Crippen LogP contribution < -0.4 is 4.72 Å². The number of nitrogens with one attached hydrogen (secondary N) is 1. The Balaban J connectivity index is 3.04. The molecule has 0 spiro atoms. The lowest BCUT2D eigenvalue weighted by Crippen LogP contribution is -2.28. The van der Waals surface area contributed by atoms with Crippen molar-refractivity contribution in [1.29, 1.82) is 5.26 Å². The molecule has 0 radical (unpaired) electrons. The summed E-state index contributed by atoms with van der Waals surface area (Å²) in [4.78, 5) is -0.434. The van der Waals surface area contributed by atoms with Crippen molar-refractivity contribution in [2.24, 2.45) is 0 Å². The minimum absolute atomic E-state index is 0.434. The van der Waals surface area contributed by atoms with Gasteiger partial charge in [-0.1, -0.05) is 0 Å². The molecule has 1 aromatic rings. The summed E-state index contributed by atoms with van der Waals surface area (Å²) in [6.45, 7) is -1.04. The molecule has 0 aliphatic heterocycles. The van der Waals surface area contributed by atoms with Gasteiger partial charge in [-0.15, -0.1) is 0 Å². The Bertz CT molecular complexity index is 552. The lowest BCUT2D eigenvalue weighted by Gasteiger charge is -2.06. The molecule has 17 heavy (non-hydrogen) atoms. The average molecular weight is 264 g/mol. The van der Waals surface area contributed by atoms with Crippen LogP contribution in [0.25, 0.3) is 0 Å². The zero-order valence-electron chi connectivity index (χ0n) is 8.32. The van der Waals surface area contributed by atoms with Gasteiger partial charge in [-0.05, 0) is 18.2 Å². The first kappa shape index (κ1) is 13.5. The van der Waals surface area contributed by atoms with Gasteiger partial charge < -0.3 is 0 Å². The third kappa shape index (κ3) is 3.44. The molecule has 4 nitrogen and oxygen atoms in total. The summed E-state index contributed by atoms with van der Waals surface area (Å²) in [5, 5.41) is 8.50. The fourth-order valence-corrected chi connectivity index (χ4v) is 2.05. The van der Waals surface area contributed by atoms with E-state index < -0.39 is 39.3 Å². The Labute approximate surface area is 95.7 Å². The third-order valence-corrected chi connectivity index (χ3v) is 3.22.